The Labute approximate surface area is 173 Å². The van der Waals surface area contributed by atoms with Gasteiger partial charge in [-0.1, -0.05) is 49.4 Å². The fraction of sp³-hybridized carbons (Fsp3) is 0.421. The number of rotatable bonds is 8. The highest BCUT2D eigenvalue weighted by Crippen LogP contribution is 2.10. The largest absolute Gasteiger partial charge is 0.355 e. The van der Waals surface area contributed by atoms with Gasteiger partial charge in [-0.25, -0.2) is 4.99 Å². The number of hydrogen-bond acceptors (Lipinski definition) is 3. The normalized spacial score (nSPS) is 12.2. The van der Waals surface area contributed by atoms with E-state index >= 15 is 0 Å². The molecule has 0 aliphatic carbocycles. The minimum absolute atomic E-state index is 0. The van der Waals surface area contributed by atoms with E-state index in [2.05, 4.69) is 62.9 Å². The standard InChI is InChI=1S/C19H28N6.HI/c1-5-18-24-22-14-25(18)12-11-20-19(21-13-15(2)3)23-16(4)17-9-7-6-8-10-17;/h6-10,14,16H,2,5,11-13H2,1,3-4H3,(H2,20,21,23);1H. The van der Waals surface area contributed by atoms with Crippen LogP contribution in [-0.2, 0) is 13.0 Å². The molecule has 0 spiro atoms. The molecule has 7 heteroatoms. The summed E-state index contributed by atoms with van der Waals surface area (Å²) in [6, 6.07) is 10.5. The zero-order chi connectivity index (χ0) is 18.1. The third-order valence-electron chi connectivity index (χ3n) is 3.82. The Morgan fingerprint density at radius 3 is 2.69 bits per heavy atom. The van der Waals surface area contributed by atoms with E-state index in [4.69, 9.17) is 0 Å². The minimum atomic E-state index is 0. The SMILES string of the molecule is C=C(C)CN=C(NCCn1cnnc1CC)NC(C)c1ccccc1.I. The molecule has 1 heterocycles. The summed E-state index contributed by atoms with van der Waals surface area (Å²) in [4.78, 5) is 4.60. The number of halogens is 1. The summed E-state index contributed by atoms with van der Waals surface area (Å²) in [6.07, 6.45) is 2.64. The smallest absolute Gasteiger partial charge is 0.192 e. The molecule has 1 aromatic heterocycles. The molecule has 26 heavy (non-hydrogen) atoms. The number of benzene rings is 1. The maximum absolute atomic E-state index is 4.60. The van der Waals surface area contributed by atoms with E-state index in [1.807, 2.05) is 25.1 Å². The van der Waals surface area contributed by atoms with Gasteiger partial charge >= 0.3 is 0 Å². The molecule has 1 atom stereocenters. The molecule has 0 aliphatic rings. The number of aromatic nitrogens is 3. The molecular weight excluding hydrogens is 439 g/mol. The van der Waals surface area contributed by atoms with Crippen LogP contribution in [0.25, 0.3) is 0 Å². The average Bonchev–Trinajstić information content (AvgIpc) is 3.07. The third-order valence-corrected chi connectivity index (χ3v) is 3.82. The van der Waals surface area contributed by atoms with Crippen LogP contribution in [-0.4, -0.2) is 33.8 Å². The lowest BCUT2D eigenvalue weighted by molar-refractivity contribution is 0.620. The first kappa shape index (κ1) is 22.1. The summed E-state index contributed by atoms with van der Waals surface area (Å²) < 4.78 is 2.06. The predicted molar refractivity (Wildman–Crippen MR) is 118 cm³/mol. The van der Waals surface area contributed by atoms with Gasteiger partial charge in [-0.2, -0.15) is 0 Å². The molecule has 2 aromatic rings. The molecule has 0 fully saturated rings. The van der Waals surface area contributed by atoms with Crippen LogP contribution in [0.4, 0.5) is 0 Å². The Bertz CT molecular complexity index is 695. The van der Waals surface area contributed by atoms with Crippen LogP contribution in [0.2, 0.25) is 0 Å². The highest BCUT2D eigenvalue weighted by Gasteiger charge is 2.08. The van der Waals surface area contributed by atoms with Crippen molar-refractivity contribution in [2.45, 2.75) is 39.8 Å². The van der Waals surface area contributed by atoms with E-state index in [0.29, 0.717) is 6.54 Å². The lowest BCUT2D eigenvalue weighted by Gasteiger charge is -2.19. The van der Waals surface area contributed by atoms with Gasteiger partial charge in [0, 0.05) is 19.5 Å². The monoisotopic (exact) mass is 468 g/mol. The first-order valence-electron chi connectivity index (χ1n) is 8.71. The summed E-state index contributed by atoms with van der Waals surface area (Å²) in [5.74, 6) is 1.78. The summed E-state index contributed by atoms with van der Waals surface area (Å²) >= 11 is 0. The predicted octanol–water partition coefficient (Wildman–Crippen LogP) is 3.33. The second-order valence-corrected chi connectivity index (χ2v) is 6.12. The lowest BCUT2D eigenvalue weighted by atomic mass is 10.1. The number of aliphatic imine (C=N–C) groups is 1. The molecule has 2 rings (SSSR count). The van der Waals surface area contributed by atoms with E-state index in [9.17, 15) is 0 Å². The second-order valence-electron chi connectivity index (χ2n) is 6.12. The number of nitrogens with zero attached hydrogens (tertiary/aromatic N) is 4. The Balaban J connectivity index is 0.00000338. The average molecular weight is 468 g/mol. The molecule has 1 aromatic carbocycles. The van der Waals surface area contributed by atoms with Gasteiger partial charge in [-0.3, -0.25) is 0 Å². The highest BCUT2D eigenvalue weighted by molar-refractivity contribution is 14.0. The van der Waals surface area contributed by atoms with Crippen LogP contribution in [0.15, 0.2) is 53.8 Å². The van der Waals surface area contributed by atoms with Crippen molar-refractivity contribution in [1.29, 1.82) is 0 Å². The number of aryl methyl sites for hydroxylation is 1. The summed E-state index contributed by atoms with van der Waals surface area (Å²) in [6.45, 7) is 12.3. The van der Waals surface area contributed by atoms with Crippen LogP contribution < -0.4 is 10.6 Å². The van der Waals surface area contributed by atoms with Crippen molar-refractivity contribution in [1.82, 2.24) is 25.4 Å². The molecule has 0 saturated carbocycles. The summed E-state index contributed by atoms with van der Waals surface area (Å²) in [5.41, 5.74) is 2.25. The molecular formula is C19H29IN6. The third kappa shape index (κ3) is 7.15. The van der Waals surface area contributed by atoms with E-state index in [-0.39, 0.29) is 30.0 Å². The van der Waals surface area contributed by atoms with Gasteiger partial charge in [0.2, 0.25) is 0 Å². The van der Waals surface area contributed by atoms with Crippen LogP contribution in [0.1, 0.15) is 38.2 Å². The zero-order valence-corrected chi connectivity index (χ0v) is 18.1. The van der Waals surface area contributed by atoms with Crippen molar-refractivity contribution in [3.8, 4) is 0 Å². The summed E-state index contributed by atoms with van der Waals surface area (Å²) in [7, 11) is 0. The van der Waals surface area contributed by atoms with Gasteiger partial charge in [0.15, 0.2) is 5.96 Å². The molecule has 142 valence electrons. The zero-order valence-electron chi connectivity index (χ0n) is 15.8. The van der Waals surface area contributed by atoms with Gasteiger partial charge in [0.05, 0.1) is 12.6 Å². The second kappa shape index (κ2) is 11.7. The number of guanidine groups is 1. The Morgan fingerprint density at radius 1 is 1.31 bits per heavy atom. The fourth-order valence-electron chi connectivity index (χ4n) is 2.43. The molecule has 0 saturated heterocycles. The van der Waals surface area contributed by atoms with Crippen molar-refractivity contribution in [2.75, 3.05) is 13.1 Å². The Morgan fingerprint density at radius 2 is 2.04 bits per heavy atom. The van der Waals surface area contributed by atoms with Crippen molar-refractivity contribution >= 4 is 29.9 Å². The number of hydrogen-bond donors (Lipinski definition) is 2. The van der Waals surface area contributed by atoms with Crippen LogP contribution in [0, 0.1) is 0 Å². The topological polar surface area (TPSA) is 67.1 Å². The van der Waals surface area contributed by atoms with E-state index in [1.165, 1.54) is 5.56 Å². The fourth-order valence-corrected chi connectivity index (χ4v) is 2.43. The molecule has 2 N–H and O–H groups in total. The number of nitrogens with one attached hydrogen (secondary N) is 2. The van der Waals surface area contributed by atoms with E-state index in [0.717, 1.165) is 36.9 Å². The van der Waals surface area contributed by atoms with E-state index in [1.54, 1.807) is 6.33 Å². The molecule has 0 aliphatic heterocycles. The van der Waals surface area contributed by atoms with Gasteiger partial charge in [-0.15, -0.1) is 34.2 Å². The van der Waals surface area contributed by atoms with Crippen LogP contribution >= 0.6 is 24.0 Å². The van der Waals surface area contributed by atoms with Crippen molar-refractivity contribution in [3.05, 3.63) is 60.2 Å². The Hall–Kier alpha value is -1.90. The highest BCUT2D eigenvalue weighted by atomic mass is 127. The molecule has 0 amide bonds. The summed E-state index contributed by atoms with van der Waals surface area (Å²) in [5, 5.41) is 14.9. The molecule has 0 radical (unpaired) electrons. The van der Waals surface area contributed by atoms with Gasteiger partial charge in [-0.05, 0) is 19.4 Å². The lowest BCUT2D eigenvalue weighted by Crippen LogP contribution is -2.40. The van der Waals surface area contributed by atoms with E-state index < -0.39 is 0 Å². The maximum atomic E-state index is 4.60. The molecule has 0 bridgehead atoms. The van der Waals surface area contributed by atoms with Crippen molar-refractivity contribution in [2.24, 2.45) is 4.99 Å². The molecule has 1 unspecified atom stereocenters. The van der Waals surface area contributed by atoms with Crippen molar-refractivity contribution in [3.63, 3.8) is 0 Å². The first-order valence-corrected chi connectivity index (χ1v) is 8.71. The molecule has 6 nitrogen and oxygen atoms in total. The van der Waals surface area contributed by atoms with Gasteiger partial charge < -0.3 is 15.2 Å². The minimum Gasteiger partial charge on any atom is -0.355 e. The van der Waals surface area contributed by atoms with Crippen LogP contribution in [0.3, 0.4) is 0 Å². The maximum Gasteiger partial charge on any atom is 0.192 e. The van der Waals surface area contributed by atoms with Gasteiger partial charge in [0.25, 0.3) is 0 Å². The van der Waals surface area contributed by atoms with Crippen LogP contribution in [0.5, 0.6) is 0 Å². The first-order chi connectivity index (χ1) is 12.1. The van der Waals surface area contributed by atoms with Gasteiger partial charge in [0.1, 0.15) is 12.2 Å². The quantitative estimate of drug-likeness (QED) is 0.270. The Kier molecular flexibility index (Phi) is 9.93. The van der Waals surface area contributed by atoms with Crippen molar-refractivity contribution < 1.29 is 0 Å².